The van der Waals surface area contributed by atoms with Crippen molar-refractivity contribution in [2.75, 3.05) is 11.1 Å². The van der Waals surface area contributed by atoms with E-state index in [1.165, 1.54) is 30.0 Å². The SMILES string of the molecule is Cc1ccc(C)c(SCC(=O)Nc2cc(Cl)ccc2[N+](=O)[O-])c1. The number of anilines is 1. The number of hydrogen-bond acceptors (Lipinski definition) is 4. The summed E-state index contributed by atoms with van der Waals surface area (Å²) in [6.45, 7) is 3.96. The maximum absolute atomic E-state index is 12.1. The number of hydrogen-bond donors (Lipinski definition) is 1. The van der Waals surface area contributed by atoms with Crippen molar-refractivity contribution in [1.29, 1.82) is 0 Å². The van der Waals surface area contributed by atoms with Crippen LogP contribution in [-0.2, 0) is 4.79 Å². The lowest BCUT2D eigenvalue weighted by Gasteiger charge is -2.08. The summed E-state index contributed by atoms with van der Waals surface area (Å²) in [5.41, 5.74) is 2.12. The molecule has 23 heavy (non-hydrogen) atoms. The van der Waals surface area contributed by atoms with E-state index in [9.17, 15) is 14.9 Å². The Morgan fingerprint density at radius 2 is 2.00 bits per heavy atom. The van der Waals surface area contributed by atoms with Gasteiger partial charge in [0.05, 0.1) is 10.7 Å². The van der Waals surface area contributed by atoms with Crippen LogP contribution >= 0.6 is 23.4 Å². The number of amides is 1. The first kappa shape index (κ1) is 17.3. The van der Waals surface area contributed by atoms with E-state index in [0.717, 1.165) is 16.0 Å². The van der Waals surface area contributed by atoms with Crippen LogP contribution in [0.15, 0.2) is 41.3 Å². The minimum Gasteiger partial charge on any atom is -0.320 e. The van der Waals surface area contributed by atoms with Gasteiger partial charge in [0.1, 0.15) is 5.69 Å². The number of benzene rings is 2. The fourth-order valence-corrected chi connectivity index (χ4v) is 3.06. The number of carbonyl (C=O) groups is 1. The van der Waals surface area contributed by atoms with E-state index in [4.69, 9.17) is 11.6 Å². The Morgan fingerprint density at radius 3 is 2.70 bits per heavy atom. The summed E-state index contributed by atoms with van der Waals surface area (Å²) in [6.07, 6.45) is 0. The molecule has 0 spiro atoms. The molecule has 0 heterocycles. The molecule has 1 amide bonds. The summed E-state index contributed by atoms with van der Waals surface area (Å²) in [6, 6.07) is 10.1. The quantitative estimate of drug-likeness (QED) is 0.486. The van der Waals surface area contributed by atoms with Gasteiger partial charge in [0, 0.05) is 16.0 Å². The molecule has 2 rings (SSSR count). The molecule has 5 nitrogen and oxygen atoms in total. The molecule has 0 aromatic heterocycles. The van der Waals surface area contributed by atoms with Crippen molar-refractivity contribution < 1.29 is 9.72 Å². The van der Waals surface area contributed by atoms with Crippen LogP contribution in [0.5, 0.6) is 0 Å². The predicted octanol–water partition coefficient (Wildman–Crippen LogP) is 4.60. The molecular formula is C16H15ClN2O3S. The molecule has 0 fully saturated rings. The largest absolute Gasteiger partial charge is 0.320 e. The molecule has 0 saturated carbocycles. The highest BCUT2D eigenvalue weighted by Gasteiger charge is 2.16. The summed E-state index contributed by atoms with van der Waals surface area (Å²) in [5, 5.41) is 13.9. The van der Waals surface area contributed by atoms with Crippen LogP contribution in [-0.4, -0.2) is 16.6 Å². The number of nitro benzene ring substituents is 1. The van der Waals surface area contributed by atoms with Crippen LogP contribution in [0.25, 0.3) is 0 Å². The Morgan fingerprint density at radius 1 is 1.26 bits per heavy atom. The van der Waals surface area contributed by atoms with Gasteiger partial charge in [-0.3, -0.25) is 14.9 Å². The van der Waals surface area contributed by atoms with E-state index in [-0.39, 0.29) is 23.0 Å². The summed E-state index contributed by atoms with van der Waals surface area (Å²) in [4.78, 5) is 23.5. The summed E-state index contributed by atoms with van der Waals surface area (Å²) >= 11 is 7.23. The average molecular weight is 351 g/mol. The van der Waals surface area contributed by atoms with Gasteiger partial charge in [-0.05, 0) is 37.6 Å². The van der Waals surface area contributed by atoms with Crippen LogP contribution in [0.1, 0.15) is 11.1 Å². The van der Waals surface area contributed by atoms with E-state index < -0.39 is 4.92 Å². The Kier molecular flexibility index (Phi) is 5.63. The second kappa shape index (κ2) is 7.48. The van der Waals surface area contributed by atoms with Crippen LogP contribution in [0.4, 0.5) is 11.4 Å². The molecule has 0 aliphatic rings. The van der Waals surface area contributed by atoms with Crippen molar-refractivity contribution in [2.24, 2.45) is 0 Å². The van der Waals surface area contributed by atoms with E-state index in [2.05, 4.69) is 5.32 Å². The topological polar surface area (TPSA) is 72.2 Å². The number of rotatable bonds is 5. The molecule has 0 unspecified atom stereocenters. The summed E-state index contributed by atoms with van der Waals surface area (Å²) < 4.78 is 0. The molecule has 0 bridgehead atoms. The number of carbonyl (C=O) groups excluding carboxylic acids is 1. The first-order valence-corrected chi connectivity index (χ1v) is 8.17. The minimum absolute atomic E-state index is 0.106. The van der Waals surface area contributed by atoms with Gasteiger partial charge in [0.15, 0.2) is 0 Å². The van der Waals surface area contributed by atoms with Crippen molar-refractivity contribution in [1.82, 2.24) is 0 Å². The maximum atomic E-state index is 12.1. The number of nitrogens with one attached hydrogen (secondary N) is 1. The standard InChI is InChI=1S/C16H15ClN2O3S/c1-10-3-4-11(2)15(7-10)23-9-16(20)18-13-8-12(17)5-6-14(13)19(21)22/h3-8H,9H2,1-2H3,(H,18,20). The average Bonchev–Trinajstić information content (AvgIpc) is 2.48. The van der Waals surface area contributed by atoms with Gasteiger partial charge in [-0.2, -0.15) is 0 Å². The lowest BCUT2D eigenvalue weighted by atomic mass is 10.2. The zero-order valence-corrected chi connectivity index (χ0v) is 14.2. The Balaban J connectivity index is 2.07. The first-order chi connectivity index (χ1) is 10.9. The van der Waals surface area contributed by atoms with Gasteiger partial charge < -0.3 is 5.32 Å². The van der Waals surface area contributed by atoms with E-state index in [0.29, 0.717) is 5.02 Å². The van der Waals surface area contributed by atoms with Gasteiger partial charge >= 0.3 is 0 Å². The third kappa shape index (κ3) is 4.71. The van der Waals surface area contributed by atoms with Crippen LogP contribution in [0.2, 0.25) is 5.02 Å². The molecule has 0 atom stereocenters. The molecule has 0 radical (unpaired) electrons. The molecule has 2 aromatic rings. The van der Waals surface area contributed by atoms with Crippen molar-refractivity contribution >= 4 is 40.6 Å². The lowest BCUT2D eigenvalue weighted by Crippen LogP contribution is -2.15. The second-order valence-corrected chi connectivity index (χ2v) is 6.48. The van der Waals surface area contributed by atoms with Gasteiger partial charge in [-0.15, -0.1) is 11.8 Å². The van der Waals surface area contributed by atoms with Gasteiger partial charge in [-0.1, -0.05) is 29.3 Å². The third-order valence-corrected chi connectivity index (χ3v) is 4.52. The zero-order chi connectivity index (χ0) is 17.0. The smallest absolute Gasteiger partial charge is 0.292 e. The number of halogens is 1. The molecule has 0 saturated heterocycles. The monoisotopic (exact) mass is 350 g/mol. The van der Waals surface area contributed by atoms with Crippen molar-refractivity contribution in [2.45, 2.75) is 18.7 Å². The van der Waals surface area contributed by atoms with E-state index in [1.54, 1.807) is 0 Å². The molecule has 2 aromatic carbocycles. The van der Waals surface area contributed by atoms with Gasteiger partial charge in [0.2, 0.25) is 5.91 Å². The van der Waals surface area contributed by atoms with Crippen molar-refractivity contribution in [3.8, 4) is 0 Å². The van der Waals surface area contributed by atoms with Crippen LogP contribution < -0.4 is 5.32 Å². The molecule has 1 N–H and O–H groups in total. The number of thioether (sulfide) groups is 1. The first-order valence-electron chi connectivity index (χ1n) is 6.80. The maximum Gasteiger partial charge on any atom is 0.292 e. The molecule has 120 valence electrons. The molecule has 7 heteroatoms. The highest BCUT2D eigenvalue weighted by molar-refractivity contribution is 8.00. The van der Waals surface area contributed by atoms with Crippen molar-refractivity contribution in [3.63, 3.8) is 0 Å². The molecular weight excluding hydrogens is 336 g/mol. The number of nitrogens with zero attached hydrogens (tertiary/aromatic N) is 1. The fourth-order valence-electron chi connectivity index (χ4n) is 1.96. The van der Waals surface area contributed by atoms with Crippen LogP contribution in [0.3, 0.4) is 0 Å². The summed E-state index contributed by atoms with van der Waals surface area (Å²) in [7, 11) is 0. The highest BCUT2D eigenvalue weighted by atomic mass is 35.5. The number of nitro groups is 1. The fraction of sp³-hybridized carbons (Fsp3) is 0.188. The Bertz CT molecular complexity index is 765. The second-order valence-electron chi connectivity index (χ2n) is 5.02. The Hall–Kier alpha value is -2.05. The Labute approximate surface area is 143 Å². The third-order valence-electron chi connectivity index (χ3n) is 3.13. The lowest BCUT2D eigenvalue weighted by molar-refractivity contribution is -0.383. The minimum atomic E-state index is -0.552. The van der Waals surface area contributed by atoms with E-state index in [1.807, 2.05) is 32.0 Å². The molecule has 0 aliphatic heterocycles. The number of aryl methyl sites for hydroxylation is 2. The zero-order valence-electron chi connectivity index (χ0n) is 12.6. The highest BCUT2D eigenvalue weighted by Crippen LogP contribution is 2.28. The molecule has 0 aliphatic carbocycles. The van der Waals surface area contributed by atoms with Gasteiger partial charge in [-0.25, -0.2) is 0 Å². The van der Waals surface area contributed by atoms with Gasteiger partial charge in [0.25, 0.3) is 5.69 Å². The summed E-state index contributed by atoms with van der Waals surface area (Å²) in [5.74, 6) is -0.158. The van der Waals surface area contributed by atoms with Crippen LogP contribution in [0, 0.1) is 24.0 Å². The normalized spacial score (nSPS) is 10.4. The van der Waals surface area contributed by atoms with Crippen molar-refractivity contribution in [3.05, 3.63) is 62.7 Å². The van der Waals surface area contributed by atoms with E-state index >= 15 is 0 Å². The predicted molar refractivity (Wildman–Crippen MR) is 93.4 cm³/mol.